The summed E-state index contributed by atoms with van der Waals surface area (Å²) in [6.07, 6.45) is 5.51. The number of hydrogen-bond donors (Lipinski definition) is 2. The van der Waals surface area contributed by atoms with Gasteiger partial charge in [0.15, 0.2) is 0 Å². The fourth-order valence-electron chi connectivity index (χ4n) is 4.99. The van der Waals surface area contributed by atoms with Crippen LogP contribution in [0.3, 0.4) is 0 Å². The lowest BCUT2D eigenvalue weighted by Gasteiger charge is -2.35. The molecule has 2 atom stereocenters. The van der Waals surface area contributed by atoms with E-state index in [1.54, 1.807) is 31.7 Å². The minimum atomic E-state index is -0.935. The summed E-state index contributed by atoms with van der Waals surface area (Å²) in [4.78, 5) is 43.2. The number of nitrogens with zero attached hydrogens (tertiary/aromatic N) is 1. The topological polar surface area (TPSA) is 87.7 Å². The summed E-state index contributed by atoms with van der Waals surface area (Å²) in [5.41, 5.74) is 2.45. The van der Waals surface area contributed by atoms with Crippen LogP contribution in [0.25, 0.3) is 0 Å². The first-order chi connectivity index (χ1) is 20.3. The fourth-order valence-corrected chi connectivity index (χ4v) is 5.25. The highest BCUT2D eigenvalue weighted by molar-refractivity contribution is 6.34. The lowest BCUT2D eigenvalue weighted by Crippen LogP contribution is -2.53. The highest BCUT2D eigenvalue weighted by atomic mass is 35.5. The van der Waals surface area contributed by atoms with E-state index in [4.69, 9.17) is 16.3 Å². The molecule has 0 saturated heterocycles. The summed E-state index contributed by atoms with van der Waals surface area (Å²) < 4.78 is 5.51. The van der Waals surface area contributed by atoms with Gasteiger partial charge in [0.2, 0.25) is 5.91 Å². The van der Waals surface area contributed by atoms with Crippen LogP contribution in [-0.4, -0.2) is 41.0 Å². The number of anilines is 1. The van der Waals surface area contributed by atoms with E-state index in [0.717, 1.165) is 49.7 Å². The van der Waals surface area contributed by atoms with Crippen molar-refractivity contribution in [3.05, 3.63) is 64.2 Å². The third kappa shape index (κ3) is 11.9. The molecule has 43 heavy (non-hydrogen) atoms. The number of ether oxygens (including phenoxy) is 1. The molecule has 0 aliphatic carbocycles. The molecule has 0 bridgehead atoms. The molecular formula is C35H52ClN3O4. The minimum Gasteiger partial charge on any atom is -0.444 e. The number of unbranched alkanes of at least 4 members (excludes halogenated alkanes) is 4. The molecular weight excluding hydrogens is 562 g/mol. The number of alkyl carbamates (subject to hydrolysis) is 1. The molecule has 2 N–H and O–H groups in total. The van der Waals surface area contributed by atoms with Crippen LogP contribution in [-0.2, 0) is 20.7 Å². The van der Waals surface area contributed by atoms with Gasteiger partial charge in [0.05, 0.1) is 10.7 Å². The molecule has 0 heterocycles. The highest BCUT2D eigenvalue weighted by Gasteiger charge is 2.36. The van der Waals surface area contributed by atoms with Gasteiger partial charge in [-0.1, -0.05) is 101 Å². The smallest absolute Gasteiger partial charge is 0.408 e. The van der Waals surface area contributed by atoms with Crippen molar-refractivity contribution in [2.75, 3.05) is 11.9 Å². The van der Waals surface area contributed by atoms with Gasteiger partial charge in [0, 0.05) is 6.54 Å². The van der Waals surface area contributed by atoms with E-state index in [-0.39, 0.29) is 17.7 Å². The largest absolute Gasteiger partial charge is 0.444 e. The first kappa shape index (κ1) is 36.1. The molecule has 0 aliphatic heterocycles. The summed E-state index contributed by atoms with van der Waals surface area (Å²) in [6.45, 7) is 15.8. The zero-order valence-electron chi connectivity index (χ0n) is 27.4. The van der Waals surface area contributed by atoms with Crippen molar-refractivity contribution in [1.29, 1.82) is 0 Å². The van der Waals surface area contributed by atoms with Crippen LogP contribution in [0.1, 0.15) is 110 Å². The predicted octanol–water partition coefficient (Wildman–Crippen LogP) is 8.63. The number of hydrogen-bond acceptors (Lipinski definition) is 4. The maximum Gasteiger partial charge on any atom is 0.408 e. The van der Waals surface area contributed by atoms with Gasteiger partial charge in [-0.05, 0) is 75.6 Å². The number of aryl methyl sites for hydroxylation is 2. The zero-order chi connectivity index (χ0) is 32.2. The molecule has 8 heteroatoms. The fraction of sp³-hybridized carbons (Fsp3) is 0.571. The molecule has 2 aromatic rings. The lowest BCUT2D eigenvalue weighted by molar-refractivity contribution is -0.141. The molecule has 0 fully saturated rings. The average Bonchev–Trinajstić information content (AvgIpc) is 2.92. The molecule has 0 aliphatic rings. The second kappa shape index (κ2) is 17.3. The van der Waals surface area contributed by atoms with Crippen LogP contribution in [0.4, 0.5) is 10.5 Å². The molecule has 0 radical (unpaired) electrons. The van der Waals surface area contributed by atoms with E-state index >= 15 is 0 Å². The molecule has 238 valence electrons. The Balaban J connectivity index is 2.59. The van der Waals surface area contributed by atoms with Gasteiger partial charge in [0.25, 0.3) is 5.91 Å². The summed E-state index contributed by atoms with van der Waals surface area (Å²) in [6, 6.07) is 11.5. The number of benzene rings is 2. The number of amides is 3. The Hall–Kier alpha value is -3.06. The molecule has 0 aromatic heterocycles. The Morgan fingerprint density at radius 2 is 1.60 bits per heavy atom. The van der Waals surface area contributed by atoms with Gasteiger partial charge in [0.1, 0.15) is 17.7 Å². The Kier molecular flexibility index (Phi) is 14.5. The molecule has 2 aromatic carbocycles. The molecule has 3 amide bonds. The van der Waals surface area contributed by atoms with E-state index in [9.17, 15) is 14.4 Å². The third-order valence-electron chi connectivity index (χ3n) is 7.22. The molecule has 0 spiro atoms. The van der Waals surface area contributed by atoms with Gasteiger partial charge in [-0.25, -0.2) is 4.79 Å². The number of nitrogens with one attached hydrogen (secondary N) is 2. The minimum absolute atomic E-state index is 0.109. The second-order valence-corrected chi connectivity index (χ2v) is 13.1. The predicted molar refractivity (Wildman–Crippen MR) is 176 cm³/mol. The maximum atomic E-state index is 14.5. The van der Waals surface area contributed by atoms with Crippen LogP contribution in [0, 0.1) is 12.8 Å². The van der Waals surface area contributed by atoms with Gasteiger partial charge in [-0.15, -0.1) is 0 Å². The molecule has 7 nitrogen and oxygen atoms in total. The second-order valence-electron chi connectivity index (χ2n) is 12.7. The first-order valence-corrected chi connectivity index (χ1v) is 16.1. The summed E-state index contributed by atoms with van der Waals surface area (Å²) in [5, 5.41) is 6.27. The van der Waals surface area contributed by atoms with E-state index in [2.05, 4.69) is 24.5 Å². The standard InChI is InChI=1S/C35H52ClN3O4/c1-9-11-12-13-14-22-39(33(41)29(23-24(3)4)37-34(42)43-35(6,7)8)31(27-20-18-26(10-2)19-21-27)32(40)38-30-25(5)16-15-17-28(30)36/h15-21,24,29,31H,9-14,22-23H2,1-8H3,(H,37,42)(H,38,40). The van der Waals surface area contributed by atoms with Crippen molar-refractivity contribution in [2.45, 2.75) is 118 Å². The number of halogens is 1. The van der Waals surface area contributed by atoms with Crippen LogP contribution in [0.15, 0.2) is 42.5 Å². The van der Waals surface area contributed by atoms with Crippen LogP contribution < -0.4 is 10.6 Å². The van der Waals surface area contributed by atoms with Crippen molar-refractivity contribution >= 4 is 35.2 Å². The first-order valence-electron chi connectivity index (χ1n) is 15.7. The van der Waals surface area contributed by atoms with Crippen LogP contribution in [0.2, 0.25) is 5.02 Å². The van der Waals surface area contributed by atoms with E-state index in [1.807, 2.05) is 57.2 Å². The van der Waals surface area contributed by atoms with E-state index in [1.165, 1.54) is 0 Å². The molecule has 2 rings (SSSR count). The highest BCUT2D eigenvalue weighted by Crippen LogP contribution is 2.30. The van der Waals surface area contributed by atoms with Crippen LogP contribution in [0.5, 0.6) is 0 Å². The summed E-state index contributed by atoms with van der Waals surface area (Å²) in [7, 11) is 0. The van der Waals surface area contributed by atoms with Crippen molar-refractivity contribution in [3.8, 4) is 0 Å². The average molecular weight is 614 g/mol. The van der Waals surface area contributed by atoms with E-state index in [0.29, 0.717) is 29.2 Å². The Morgan fingerprint density at radius 3 is 2.16 bits per heavy atom. The normalized spacial score (nSPS) is 12.9. The number of rotatable bonds is 15. The molecule has 2 unspecified atom stereocenters. The van der Waals surface area contributed by atoms with Crippen molar-refractivity contribution in [3.63, 3.8) is 0 Å². The Labute approximate surface area is 264 Å². The van der Waals surface area contributed by atoms with Crippen molar-refractivity contribution in [2.24, 2.45) is 5.92 Å². The van der Waals surface area contributed by atoms with Crippen molar-refractivity contribution in [1.82, 2.24) is 10.2 Å². The van der Waals surface area contributed by atoms with Gasteiger partial charge >= 0.3 is 6.09 Å². The number of para-hydroxylation sites is 1. The van der Waals surface area contributed by atoms with E-state index < -0.39 is 23.8 Å². The zero-order valence-corrected chi connectivity index (χ0v) is 28.1. The molecule has 0 saturated carbocycles. The SMILES string of the molecule is CCCCCCCN(C(=O)C(CC(C)C)NC(=O)OC(C)(C)C)C(C(=O)Nc1c(C)cccc1Cl)c1ccc(CC)cc1. The third-order valence-corrected chi connectivity index (χ3v) is 7.53. The summed E-state index contributed by atoms with van der Waals surface area (Å²) >= 11 is 6.50. The number of carbonyl (C=O) groups excluding carboxylic acids is 3. The monoisotopic (exact) mass is 613 g/mol. The van der Waals surface area contributed by atoms with Gasteiger partial charge < -0.3 is 20.3 Å². The Bertz CT molecular complexity index is 1170. The van der Waals surface area contributed by atoms with Gasteiger partial charge in [-0.2, -0.15) is 0 Å². The quantitative estimate of drug-likeness (QED) is 0.197. The lowest BCUT2D eigenvalue weighted by atomic mass is 9.97. The Morgan fingerprint density at radius 1 is 0.953 bits per heavy atom. The van der Waals surface area contributed by atoms with Gasteiger partial charge in [-0.3, -0.25) is 9.59 Å². The maximum absolute atomic E-state index is 14.5. The number of carbonyl (C=O) groups is 3. The van der Waals surface area contributed by atoms with Crippen molar-refractivity contribution < 1.29 is 19.1 Å². The van der Waals surface area contributed by atoms with Crippen LogP contribution >= 0.6 is 11.6 Å². The summed E-state index contributed by atoms with van der Waals surface area (Å²) in [5.74, 6) is -0.564.